The Labute approximate surface area is 293 Å². The number of furan rings is 1. The van der Waals surface area contributed by atoms with Crippen molar-refractivity contribution in [3.63, 3.8) is 0 Å². The van der Waals surface area contributed by atoms with Crippen LogP contribution in [0.25, 0.3) is 99.2 Å². The normalized spacial score (nSPS) is 11.9. The minimum absolute atomic E-state index is 0.835. The molecule has 0 aliphatic rings. The number of benzene rings is 7. The molecule has 4 nitrogen and oxygen atoms in total. The summed E-state index contributed by atoms with van der Waals surface area (Å²) in [5.74, 6) is 0. The molecule has 0 fully saturated rings. The fourth-order valence-electron chi connectivity index (χ4n) is 8.32. The van der Waals surface area contributed by atoms with Crippen LogP contribution < -0.4 is 0 Å². The molecule has 51 heavy (non-hydrogen) atoms. The molecule has 0 amide bonds. The van der Waals surface area contributed by atoms with Crippen LogP contribution in [0.5, 0.6) is 0 Å². The van der Waals surface area contributed by atoms with Crippen molar-refractivity contribution in [2.75, 3.05) is 0 Å². The fraction of sp³-hybridized carbons (Fsp3) is 0. The van der Waals surface area contributed by atoms with Crippen LogP contribution in [0, 0.1) is 0 Å². The Hall–Kier alpha value is -6.91. The second kappa shape index (κ2) is 10.8. The van der Waals surface area contributed by atoms with E-state index in [1.54, 1.807) is 6.20 Å². The summed E-state index contributed by atoms with van der Waals surface area (Å²) < 4.78 is 11.4. The summed E-state index contributed by atoms with van der Waals surface area (Å²) in [6.45, 7) is 0. The molecule has 0 bridgehead atoms. The summed E-state index contributed by atoms with van der Waals surface area (Å²) in [6, 6.07) is 58.8. The third-order valence-corrected chi connectivity index (χ3v) is 10.4. The Balaban J connectivity index is 1.33. The summed E-state index contributed by atoms with van der Waals surface area (Å²) in [6.07, 6.45) is 3.68. The molecule has 0 aliphatic carbocycles. The van der Waals surface area contributed by atoms with Crippen LogP contribution in [0.4, 0.5) is 0 Å². The topological polar surface area (TPSA) is 35.9 Å². The van der Waals surface area contributed by atoms with Gasteiger partial charge in [-0.15, -0.1) is 0 Å². The predicted molar refractivity (Wildman–Crippen MR) is 211 cm³/mol. The number of pyridine rings is 1. The van der Waals surface area contributed by atoms with E-state index in [9.17, 15) is 0 Å². The van der Waals surface area contributed by atoms with Gasteiger partial charge in [-0.3, -0.25) is 4.98 Å². The number of hydrogen-bond acceptors (Lipinski definition) is 2. The van der Waals surface area contributed by atoms with Crippen LogP contribution in [0.15, 0.2) is 181 Å². The summed E-state index contributed by atoms with van der Waals surface area (Å²) in [4.78, 5) is 4.41. The Kier molecular flexibility index (Phi) is 5.92. The number of nitrogens with zero attached hydrogens (tertiary/aromatic N) is 3. The minimum Gasteiger partial charge on any atom is -0.454 e. The molecular formula is C47H29N3O. The lowest BCUT2D eigenvalue weighted by atomic mass is 9.89. The first-order valence-electron chi connectivity index (χ1n) is 17.3. The van der Waals surface area contributed by atoms with E-state index < -0.39 is 0 Å². The zero-order valence-electron chi connectivity index (χ0n) is 27.5. The van der Waals surface area contributed by atoms with E-state index in [1.165, 1.54) is 54.8 Å². The second-order valence-electron chi connectivity index (χ2n) is 13.1. The van der Waals surface area contributed by atoms with Crippen molar-refractivity contribution in [3.8, 4) is 33.6 Å². The molecule has 238 valence electrons. The molecule has 0 radical (unpaired) electrons. The molecule has 4 heteroatoms. The van der Waals surface area contributed by atoms with Gasteiger partial charge in [-0.1, -0.05) is 121 Å². The van der Waals surface area contributed by atoms with Gasteiger partial charge in [0.25, 0.3) is 0 Å². The van der Waals surface area contributed by atoms with Gasteiger partial charge in [-0.2, -0.15) is 0 Å². The number of hydrogen-bond donors (Lipinski definition) is 0. The van der Waals surface area contributed by atoms with Crippen molar-refractivity contribution < 1.29 is 4.42 Å². The Bertz CT molecular complexity index is 3130. The van der Waals surface area contributed by atoms with Crippen LogP contribution in [0.2, 0.25) is 0 Å². The average molecular weight is 652 g/mol. The van der Waals surface area contributed by atoms with Gasteiger partial charge in [-0.25, -0.2) is 0 Å². The number of aromatic nitrogens is 3. The van der Waals surface area contributed by atoms with Crippen molar-refractivity contribution in [2.45, 2.75) is 0 Å². The minimum atomic E-state index is 0.835. The molecule has 11 rings (SSSR count). The smallest absolute Gasteiger partial charge is 0.159 e. The highest BCUT2D eigenvalue weighted by Crippen LogP contribution is 2.48. The monoisotopic (exact) mass is 651 g/mol. The number of fused-ring (bicyclic) bond motifs is 9. The standard InChI is InChI=1S/C47H29N3O/c1-3-13-30(14-4-1)32-25-26-34-33-17-7-9-21-39(33)49(31-15-5-2-6-16-31)46(34)45(32)37-20-12-23-41-44(37)36-18-8-10-22-40(36)50(41)42-24-11-19-35-38-29-48-28-27-43(38)51-47(35)42/h1-29H. The zero-order chi connectivity index (χ0) is 33.5. The Morgan fingerprint density at radius 2 is 1.14 bits per heavy atom. The highest BCUT2D eigenvalue weighted by atomic mass is 16.3. The van der Waals surface area contributed by atoms with Crippen LogP contribution in [-0.2, 0) is 0 Å². The van der Waals surface area contributed by atoms with Gasteiger partial charge in [0.05, 0.1) is 27.8 Å². The van der Waals surface area contributed by atoms with Gasteiger partial charge in [0.1, 0.15) is 5.58 Å². The summed E-state index contributed by atoms with van der Waals surface area (Å²) >= 11 is 0. The fourth-order valence-corrected chi connectivity index (χ4v) is 8.32. The molecule has 11 aromatic rings. The van der Waals surface area contributed by atoms with Gasteiger partial charge in [0.15, 0.2) is 5.58 Å². The van der Waals surface area contributed by atoms with Crippen molar-refractivity contribution in [1.29, 1.82) is 0 Å². The highest BCUT2D eigenvalue weighted by Gasteiger charge is 2.24. The molecular weight excluding hydrogens is 623 g/mol. The second-order valence-corrected chi connectivity index (χ2v) is 13.1. The first-order valence-corrected chi connectivity index (χ1v) is 17.3. The Morgan fingerprint density at radius 1 is 0.451 bits per heavy atom. The SMILES string of the molecule is c1ccc(-c2ccc3c4ccccc4n(-c4ccccc4)c3c2-c2cccc3c2c2ccccc2n3-c2cccc3c2oc2ccncc23)cc1. The average Bonchev–Trinajstić information content (AvgIpc) is 3.86. The van der Waals surface area contributed by atoms with Crippen LogP contribution >= 0.6 is 0 Å². The molecule has 7 aromatic carbocycles. The maximum absolute atomic E-state index is 6.59. The van der Waals surface area contributed by atoms with Gasteiger partial charge in [-0.05, 0) is 59.2 Å². The van der Waals surface area contributed by atoms with Crippen molar-refractivity contribution >= 4 is 65.6 Å². The lowest BCUT2D eigenvalue weighted by molar-refractivity contribution is 0.666. The van der Waals surface area contributed by atoms with Crippen molar-refractivity contribution in [2.24, 2.45) is 0 Å². The number of para-hydroxylation sites is 4. The number of rotatable bonds is 4. The van der Waals surface area contributed by atoms with Gasteiger partial charge in [0.2, 0.25) is 0 Å². The lowest BCUT2D eigenvalue weighted by Crippen LogP contribution is -1.97. The van der Waals surface area contributed by atoms with Crippen LogP contribution in [0.1, 0.15) is 0 Å². The predicted octanol–water partition coefficient (Wildman–Crippen LogP) is 12.5. The maximum Gasteiger partial charge on any atom is 0.159 e. The van der Waals surface area contributed by atoms with E-state index in [1.807, 2.05) is 12.3 Å². The highest BCUT2D eigenvalue weighted by molar-refractivity contribution is 6.23. The third-order valence-electron chi connectivity index (χ3n) is 10.4. The zero-order valence-corrected chi connectivity index (χ0v) is 27.5. The molecule has 0 saturated heterocycles. The third kappa shape index (κ3) is 3.99. The summed E-state index contributed by atoms with van der Waals surface area (Å²) in [5.41, 5.74) is 13.2. The molecule has 0 N–H and O–H groups in total. The summed E-state index contributed by atoms with van der Waals surface area (Å²) in [7, 11) is 0. The van der Waals surface area contributed by atoms with Gasteiger partial charge in [0, 0.05) is 56.0 Å². The first-order chi connectivity index (χ1) is 25.3. The van der Waals surface area contributed by atoms with E-state index in [2.05, 4.69) is 172 Å². The first kappa shape index (κ1) is 28.0. The van der Waals surface area contributed by atoms with E-state index in [4.69, 9.17) is 4.42 Å². The van der Waals surface area contributed by atoms with E-state index in [0.29, 0.717) is 0 Å². The van der Waals surface area contributed by atoms with Crippen molar-refractivity contribution in [1.82, 2.24) is 14.1 Å². The van der Waals surface area contributed by atoms with E-state index >= 15 is 0 Å². The van der Waals surface area contributed by atoms with E-state index in [0.717, 1.165) is 44.3 Å². The van der Waals surface area contributed by atoms with Crippen molar-refractivity contribution in [3.05, 3.63) is 176 Å². The molecule has 0 spiro atoms. The molecule has 0 unspecified atom stereocenters. The summed E-state index contributed by atoms with van der Waals surface area (Å²) in [5, 5.41) is 6.93. The largest absolute Gasteiger partial charge is 0.454 e. The molecule has 4 heterocycles. The quantitative estimate of drug-likeness (QED) is 0.190. The van der Waals surface area contributed by atoms with Gasteiger partial charge >= 0.3 is 0 Å². The molecule has 4 aromatic heterocycles. The maximum atomic E-state index is 6.59. The Morgan fingerprint density at radius 3 is 1.98 bits per heavy atom. The molecule has 0 aliphatic heterocycles. The van der Waals surface area contributed by atoms with E-state index in [-0.39, 0.29) is 0 Å². The van der Waals surface area contributed by atoms with Gasteiger partial charge < -0.3 is 13.6 Å². The van der Waals surface area contributed by atoms with Crippen LogP contribution in [-0.4, -0.2) is 14.1 Å². The lowest BCUT2D eigenvalue weighted by Gasteiger charge is -2.17. The molecule has 0 atom stereocenters. The molecule has 0 saturated carbocycles. The van der Waals surface area contributed by atoms with Crippen LogP contribution in [0.3, 0.4) is 0 Å².